The number of hydrogen-bond acceptors (Lipinski definition) is 4. The smallest absolute Gasteiger partial charge is 0.315 e. The molecule has 0 bridgehead atoms. The van der Waals surface area contributed by atoms with Crippen LogP contribution in [0, 0.1) is 0 Å². The normalized spacial score (nSPS) is 19.8. The van der Waals surface area contributed by atoms with Gasteiger partial charge in [-0.05, 0) is 24.1 Å². The van der Waals surface area contributed by atoms with E-state index >= 15 is 0 Å². The van der Waals surface area contributed by atoms with Crippen LogP contribution >= 0.6 is 0 Å². The fourth-order valence-electron chi connectivity index (χ4n) is 3.10. The Kier molecular flexibility index (Phi) is 4.30. The molecule has 128 valence electrons. The Bertz CT molecular complexity index is 864. The second kappa shape index (κ2) is 6.90. The zero-order valence-electron chi connectivity index (χ0n) is 13.6. The van der Waals surface area contributed by atoms with Gasteiger partial charge in [-0.2, -0.15) is 0 Å². The standard InChI is InChI=1S/C18H19N5O2/c24-18(19-12-16-22-21-15-8-4-5-10-23(15)16)20-14-9-11-25-17(14)13-6-2-1-3-7-13/h1-8,10,14,17H,9,11-12H2,(H2,19,20,24)/t14-,17+/m0/s1. The van der Waals surface area contributed by atoms with Crippen LogP contribution in [0.5, 0.6) is 0 Å². The third kappa shape index (κ3) is 3.32. The van der Waals surface area contributed by atoms with E-state index in [0.717, 1.165) is 17.6 Å². The molecular formula is C18H19N5O2. The van der Waals surface area contributed by atoms with Crippen molar-refractivity contribution in [3.8, 4) is 0 Å². The molecule has 7 nitrogen and oxygen atoms in total. The molecule has 1 aromatic carbocycles. The first kappa shape index (κ1) is 15.6. The Morgan fingerprint density at radius 2 is 2.00 bits per heavy atom. The zero-order valence-corrected chi connectivity index (χ0v) is 13.6. The molecule has 1 fully saturated rings. The lowest BCUT2D eigenvalue weighted by atomic mass is 10.0. The monoisotopic (exact) mass is 337 g/mol. The number of ether oxygens (including phenoxy) is 1. The average molecular weight is 337 g/mol. The summed E-state index contributed by atoms with van der Waals surface area (Å²) < 4.78 is 7.64. The fourth-order valence-corrected chi connectivity index (χ4v) is 3.10. The van der Waals surface area contributed by atoms with Crippen molar-refractivity contribution in [1.29, 1.82) is 0 Å². The lowest BCUT2D eigenvalue weighted by molar-refractivity contribution is 0.0999. The van der Waals surface area contributed by atoms with Gasteiger partial charge in [-0.3, -0.25) is 4.40 Å². The first-order valence-corrected chi connectivity index (χ1v) is 8.31. The summed E-state index contributed by atoms with van der Waals surface area (Å²) in [5.74, 6) is 0.688. The minimum Gasteiger partial charge on any atom is -0.371 e. The van der Waals surface area contributed by atoms with Gasteiger partial charge < -0.3 is 15.4 Å². The number of carbonyl (C=O) groups excluding carboxylic acids is 1. The van der Waals surface area contributed by atoms with Crippen molar-refractivity contribution in [2.24, 2.45) is 0 Å². The summed E-state index contributed by atoms with van der Waals surface area (Å²) >= 11 is 0. The maximum absolute atomic E-state index is 12.3. The van der Waals surface area contributed by atoms with Crippen LogP contribution in [0.4, 0.5) is 4.79 Å². The number of benzene rings is 1. The van der Waals surface area contributed by atoms with E-state index < -0.39 is 0 Å². The number of nitrogens with one attached hydrogen (secondary N) is 2. The lowest BCUT2D eigenvalue weighted by Gasteiger charge is -2.20. The number of pyridine rings is 1. The maximum atomic E-state index is 12.3. The summed E-state index contributed by atoms with van der Waals surface area (Å²) in [5, 5.41) is 14.0. The molecule has 2 amide bonds. The molecule has 0 radical (unpaired) electrons. The molecule has 3 aromatic rings. The molecule has 1 aliphatic heterocycles. The molecule has 0 unspecified atom stereocenters. The quantitative estimate of drug-likeness (QED) is 0.764. The largest absolute Gasteiger partial charge is 0.371 e. The van der Waals surface area contributed by atoms with Crippen LogP contribution in [-0.4, -0.2) is 33.3 Å². The molecular weight excluding hydrogens is 318 g/mol. The van der Waals surface area contributed by atoms with Gasteiger partial charge in [0.25, 0.3) is 0 Å². The number of hydrogen-bond donors (Lipinski definition) is 2. The molecule has 1 aliphatic rings. The highest BCUT2D eigenvalue weighted by atomic mass is 16.5. The van der Waals surface area contributed by atoms with Crippen molar-refractivity contribution >= 4 is 11.7 Å². The lowest BCUT2D eigenvalue weighted by Crippen LogP contribution is -2.43. The van der Waals surface area contributed by atoms with Crippen LogP contribution in [0.25, 0.3) is 5.65 Å². The van der Waals surface area contributed by atoms with E-state index in [1.807, 2.05) is 59.1 Å². The third-order valence-electron chi connectivity index (χ3n) is 4.33. The van der Waals surface area contributed by atoms with Gasteiger partial charge in [0.05, 0.1) is 12.6 Å². The molecule has 0 saturated carbocycles. The number of aromatic nitrogens is 3. The molecule has 2 N–H and O–H groups in total. The average Bonchev–Trinajstić information content (AvgIpc) is 3.27. The van der Waals surface area contributed by atoms with Gasteiger partial charge in [-0.15, -0.1) is 10.2 Å². The van der Waals surface area contributed by atoms with Crippen molar-refractivity contribution in [3.05, 3.63) is 66.1 Å². The van der Waals surface area contributed by atoms with E-state index in [4.69, 9.17) is 4.74 Å². The molecule has 7 heteroatoms. The fraction of sp³-hybridized carbons (Fsp3) is 0.278. The first-order valence-electron chi connectivity index (χ1n) is 8.31. The number of fused-ring (bicyclic) bond motifs is 1. The van der Waals surface area contributed by atoms with Crippen LogP contribution in [-0.2, 0) is 11.3 Å². The van der Waals surface area contributed by atoms with Gasteiger partial charge in [0.2, 0.25) is 0 Å². The van der Waals surface area contributed by atoms with E-state index in [9.17, 15) is 4.79 Å². The van der Waals surface area contributed by atoms with Gasteiger partial charge in [0.1, 0.15) is 6.10 Å². The van der Waals surface area contributed by atoms with Gasteiger partial charge in [-0.1, -0.05) is 36.4 Å². The second-order valence-corrected chi connectivity index (χ2v) is 5.97. The Morgan fingerprint density at radius 1 is 1.16 bits per heavy atom. The van der Waals surface area contributed by atoms with Crippen molar-refractivity contribution in [2.45, 2.75) is 25.1 Å². The highest BCUT2D eigenvalue weighted by Crippen LogP contribution is 2.28. The van der Waals surface area contributed by atoms with Crippen molar-refractivity contribution < 1.29 is 9.53 Å². The minimum absolute atomic E-state index is 0.0439. The predicted octanol–water partition coefficient (Wildman–Crippen LogP) is 2.06. The Hall–Kier alpha value is -2.93. The Morgan fingerprint density at radius 3 is 2.88 bits per heavy atom. The maximum Gasteiger partial charge on any atom is 0.315 e. The van der Waals surface area contributed by atoms with Crippen LogP contribution in [0.3, 0.4) is 0 Å². The molecule has 0 aliphatic carbocycles. The van der Waals surface area contributed by atoms with Crippen LogP contribution < -0.4 is 10.6 Å². The molecule has 4 rings (SSSR count). The molecule has 25 heavy (non-hydrogen) atoms. The van der Waals surface area contributed by atoms with Crippen LogP contribution in [0.2, 0.25) is 0 Å². The summed E-state index contributed by atoms with van der Waals surface area (Å²) in [4.78, 5) is 12.3. The number of nitrogens with zero attached hydrogens (tertiary/aromatic N) is 3. The van der Waals surface area contributed by atoms with Crippen molar-refractivity contribution in [1.82, 2.24) is 25.2 Å². The molecule has 1 saturated heterocycles. The summed E-state index contributed by atoms with van der Waals surface area (Å²) in [7, 11) is 0. The van der Waals surface area contributed by atoms with E-state index in [1.54, 1.807) is 0 Å². The number of rotatable bonds is 4. The van der Waals surface area contributed by atoms with Gasteiger partial charge >= 0.3 is 6.03 Å². The molecule has 0 spiro atoms. The second-order valence-electron chi connectivity index (χ2n) is 5.97. The third-order valence-corrected chi connectivity index (χ3v) is 4.33. The highest BCUT2D eigenvalue weighted by molar-refractivity contribution is 5.74. The summed E-state index contributed by atoms with van der Waals surface area (Å²) in [6.45, 7) is 0.944. The SMILES string of the molecule is O=C(NCc1nnc2ccccn12)N[C@H]1CCO[C@@H]1c1ccccc1. The molecule has 2 atom stereocenters. The molecule has 2 aromatic heterocycles. The number of urea groups is 1. The summed E-state index contributed by atoms with van der Waals surface area (Å²) in [6.07, 6.45) is 2.56. The van der Waals surface area contributed by atoms with E-state index in [1.165, 1.54) is 0 Å². The van der Waals surface area contributed by atoms with Crippen LogP contribution in [0.15, 0.2) is 54.7 Å². The number of amides is 2. The van der Waals surface area contributed by atoms with Gasteiger partial charge in [-0.25, -0.2) is 4.79 Å². The van der Waals surface area contributed by atoms with E-state index in [0.29, 0.717) is 19.0 Å². The predicted molar refractivity (Wildman–Crippen MR) is 91.9 cm³/mol. The first-order chi connectivity index (χ1) is 12.3. The van der Waals surface area contributed by atoms with E-state index in [-0.39, 0.29) is 18.2 Å². The van der Waals surface area contributed by atoms with Gasteiger partial charge in [0.15, 0.2) is 11.5 Å². The molecule has 3 heterocycles. The number of carbonyl (C=O) groups is 1. The Balaban J connectivity index is 1.37. The highest BCUT2D eigenvalue weighted by Gasteiger charge is 2.30. The summed E-state index contributed by atoms with van der Waals surface area (Å²) in [6, 6.07) is 15.4. The van der Waals surface area contributed by atoms with Crippen molar-refractivity contribution in [2.75, 3.05) is 6.61 Å². The minimum atomic E-state index is -0.232. The van der Waals surface area contributed by atoms with Crippen LogP contribution in [0.1, 0.15) is 23.9 Å². The van der Waals surface area contributed by atoms with Crippen molar-refractivity contribution in [3.63, 3.8) is 0 Å². The Labute approximate surface area is 145 Å². The summed E-state index contributed by atoms with van der Waals surface area (Å²) in [5.41, 5.74) is 1.83. The topological polar surface area (TPSA) is 80.6 Å². The van der Waals surface area contributed by atoms with Gasteiger partial charge in [0, 0.05) is 12.8 Å². The van der Waals surface area contributed by atoms with E-state index in [2.05, 4.69) is 20.8 Å². The zero-order chi connectivity index (χ0) is 17.1.